The molecule has 4 amide bonds. The van der Waals surface area contributed by atoms with Crippen molar-refractivity contribution in [2.45, 2.75) is 36.0 Å². The van der Waals surface area contributed by atoms with Crippen molar-refractivity contribution in [2.75, 3.05) is 40.8 Å². The number of para-hydroxylation sites is 2. The summed E-state index contributed by atoms with van der Waals surface area (Å²) in [7, 11) is 2.36. The Morgan fingerprint density at radius 3 is 1.22 bits per heavy atom. The van der Waals surface area contributed by atoms with Crippen LogP contribution in [-0.4, -0.2) is 84.1 Å². The molecule has 0 saturated heterocycles. The molecule has 91 heavy (non-hydrogen) atoms. The van der Waals surface area contributed by atoms with E-state index in [-0.39, 0.29) is 80.3 Å². The van der Waals surface area contributed by atoms with Gasteiger partial charge in [-0.2, -0.15) is 62.7 Å². The zero-order valence-electron chi connectivity index (χ0n) is 44.9. The van der Waals surface area contributed by atoms with Crippen LogP contribution in [-0.2, 0) is 16.2 Å². The first-order valence-corrected chi connectivity index (χ1v) is 27.6. The molecule has 37 heteroatoms. The van der Waals surface area contributed by atoms with Gasteiger partial charge in [-0.05, 0) is 111 Å². The summed E-state index contributed by atoms with van der Waals surface area (Å²) in [5, 5.41) is 27.6. The van der Waals surface area contributed by atoms with Crippen molar-refractivity contribution in [2.24, 2.45) is 0 Å². The van der Waals surface area contributed by atoms with E-state index in [9.17, 15) is 90.6 Å². The Balaban J connectivity index is 0.000000320. The maximum Gasteiger partial charge on any atom is 0.435 e. The third-order valence-corrected chi connectivity index (χ3v) is 13.6. The fourth-order valence-corrected chi connectivity index (χ4v) is 9.38. The van der Waals surface area contributed by atoms with Gasteiger partial charge >= 0.3 is 42.0 Å². The minimum atomic E-state index is -6.37. The Morgan fingerprint density at radius 2 is 0.890 bits per heavy atom. The third-order valence-electron chi connectivity index (χ3n) is 11.5. The van der Waals surface area contributed by atoms with Crippen LogP contribution in [0.2, 0.25) is 15.1 Å². The van der Waals surface area contributed by atoms with Gasteiger partial charge in [-0.25, -0.2) is 13.6 Å². The van der Waals surface area contributed by atoms with Gasteiger partial charge in [-0.3, -0.25) is 29.0 Å². The Kier molecular flexibility index (Phi) is 26.5. The Morgan fingerprint density at radius 1 is 0.527 bits per heavy atom. The molecule has 0 radical (unpaired) electrons. The fourth-order valence-electron chi connectivity index (χ4n) is 7.31. The van der Waals surface area contributed by atoms with E-state index >= 15 is 0 Å². The van der Waals surface area contributed by atoms with Crippen LogP contribution in [0.5, 0.6) is 11.5 Å². The number of benzene rings is 5. The lowest BCUT2D eigenvalue weighted by molar-refractivity contribution is -0.605. The highest BCUT2D eigenvalue weighted by Gasteiger charge is 2.74. The number of nitrogens with zero attached hydrogens (tertiary/aromatic N) is 2. The summed E-state index contributed by atoms with van der Waals surface area (Å²) in [6, 6.07) is 20.1. The number of ether oxygens (including phenoxy) is 2. The molecule has 5 aromatic carbocycles. The molecule has 5 N–H and O–H groups in total. The van der Waals surface area contributed by atoms with Gasteiger partial charge < -0.3 is 35.9 Å². The maximum absolute atomic E-state index is 14.5. The molecule has 0 fully saturated rings. The van der Waals surface area contributed by atoms with Gasteiger partial charge in [0.2, 0.25) is 0 Å². The molecule has 0 aliphatic heterocycles. The lowest BCUT2D eigenvalue weighted by atomic mass is 9.94. The van der Waals surface area contributed by atoms with Crippen LogP contribution in [0.1, 0.15) is 62.9 Å². The number of nitrogens with one attached hydrogen (secondary N) is 4. The van der Waals surface area contributed by atoms with Crippen LogP contribution in [0.15, 0.2) is 143 Å². The van der Waals surface area contributed by atoms with Crippen molar-refractivity contribution in [1.82, 2.24) is 4.98 Å². The van der Waals surface area contributed by atoms with Crippen molar-refractivity contribution in [1.29, 1.82) is 0 Å². The van der Waals surface area contributed by atoms with Crippen LogP contribution in [0.3, 0.4) is 0 Å². The average Bonchev–Trinajstić information content (AvgIpc) is 0.758. The standard InChI is InChI=1S/C23H14BrClF7N3O4.C23H14BrClF7N3O3.C7H5ClO3.CH2Cl2/c1-39-18-13(3-2-4-16(18)33-19(36)11-5-7-35(38)8-6-11)20(37)34-17-14(24)9-12(10-15(17)25)21(26,22(27,28)29)23(30,31)32;1-38-18-13(3-2-4-16(18)34-19(36)11-5-7-33-8-6-11)20(37)35-17-14(24)9-12(10-15(17)25)21(26,22(27,28)29)23(30,31)32;8-6-3-1-2-5(4-6)7(9)11-10;2-1-3/h2-10H,1H3,(H,33,36)(H,34,37);2-10H,1H3,(H,34,36)(H,35,37);1-4,10H;1H2. The molecule has 16 nitrogen and oxygen atoms in total. The smallest absolute Gasteiger partial charge is 0.435 e. The highest BCUT2D eigenvalue weighted by atomic mass is 79.9. The minimum absolute atomic E-state index is 0.00656. The molecule has 0 spiro atoms. The number of amides is 4. The number of hydrogen-bond donors (Lipinski definition) is 5. The van der Waals surface area contributed by atoms with Gasteiger partial charge in [-0.15, -0.1) is 23.2 Å². The fraction of sp³-hybridized carbons (Fsp3) is 0.167. The van der Waals surface area contributed by atoms with Crippen molar-refractivity contribution in [3.63, 3.8) is 0 Å². The quantitative estimate of drug-likeness (QED) is 0.0182. The minimum Gasteiger partial charge on any atom is -0.619 e. The molecule has 7 aromatic rings. The molecule has 0 unspecified atom stereocenters. The summed E-state index contributed by atoms with van der Waals surface area (Å²) in [5.41, 5.74) is -15.8. The number of halogens is 21. The van der Waals surface area contributed by atoms with Gasteiger partial charge in [-0.1, -0.05) is 53.0 Å². The monoisotopic (exact) mass is 1530 g/mol. The molecular formula is C54H35Br2Cl5F14N6O10. The number of pyridine rings is 2. The zero-order chi connectivity index (χ0) is 68.8. The topological polar surface area (TPSA) is 221 Å². The molecule has 0 saturated carbocycles. The summed E-state index contributed by atoms with van der Waals surface area (Å²) in [6.45, 7) is 0. The van der Waals surface area contributed by atoms with E-state index in [0.717, 1.165) is 19.5 Å². The lowest BCUT2D eigenvalue weighted by Gasteiger charge is -2.30. The van der Waals surface area contributed by atoms with E-state index < -0.39 is 107 Å². The second-order valence-corrected chi connectivity index (χ2v) is 21.0. The normalized spacial score (nSPS) is 11.6. The van der Waals surface area contributed by atoms with Crippen molar-refractivity contribution >= 4 is 142 Å². The summed E-state index contributed by atoms with van der Waals surface area (Å²) >= 11 is 32.3. The number of anilines is 4. The van der Waals surface area contributed by atoms with E-state index in [1.807, 2.05) is 0 Å². The van der Waals surface area contributed by atoms with Gasteiger partial charge in [0.15, 0.2) is 23.9 Å². The second kappa shape index (κ2) is 31.7. The molecular weight excluding hydrogens is 1500 g/mol. The molecule has 488 valence electrons. The van der Waals surface area contributed by atoms with Crippen LogP contribution in [0, 0.1) is 5.21 Å². The summed E-state index contributed by atoms with van der Waals surface area (Å²) in [6.07, 6.45) is -20.5. The SMILES string of the molecule is COc1c(NC(=O)c2cc[n+]([O-])cc2)cccc1C(=O)Nc1c(Cl)cc(C(F)(C(F)(F)F)C(F)(F)F)cc1Br.COc1c(NC(=O)c2ccncc2)cccc1C(=O)Nc1c(Cl)cc(C(F)(C(F)(F)F)C(F)(F)F)cc1Br.ClCCl.O=C(OO)c1cccc(Cl)c1. The highest BCUT2D eigenvalue weighted by molar-refractivity contribution is 9.11. The highest BCUT2D eigenvalue weighted by Crippen LogP contribution is 2.56. The van der Waals surface area contributed by atoms with Gasteiger partial charge in [0.25, 0.3) is 23.6 Å². The number of hydrogen-bond acceptors (Lipinski definition) is 11. The summed E-state index contributed by atoms with van der Waals surface area (Å²) < 4.78 is 196. The first-order valence-electron chi connectivity index (χ1n) is 23.8. The predicted octanol–water partition coefficient (Wildman–Crippen LogP) is 17.2. The summed E-state index contributed by atoms with van der Waals surface area (Å²) in [4.78, 5) is 68.9. The molecule has 7 rings (SSSR count). The second-order valence-electron chi connectivity index (χ2n) is 17.2. The third kappa shape index (κ3) is 18.4. The van der Waals surface area contributed by atoms with Gasteiger partial charge in [0.05, 0.1) is 74.6 Å². The number of aromatic nitrogens is 2. The Hall–Kier alpha value is -7.46. The lowest BCUT2D eigenvalue weighted by Crippen LogP contribution is -2.50. The Labute approximate surface area is 544 Å². The Bertz CT molecular complexity index is 3690. The predicted molar refractivity (Wildman–Crippen MR) is 312 cm³/mol. The van der Waals surface area contributed by atoms with E-state index in [4.69, 9.17) is 72.7 Å². The van der Waals surface area contributed by atoms with Crippen LogP contribution >= 0.6 is 89.9 Å². The maximum atomic E-state index is 14.5. The van der Waals surface area contributed by atoms with Crippen LogP contribution in [0.25, 0.3) is 0 Å². The van der Waals surface area contributed by atoms with E-state index in [2.05, 4.69) is 63.0 Å². The van der Waals surface area contributed by atoms with E-state index in [1.165, 1.54) is 92.3 Å². The van der Waals surface area contributed by atoms with Gasteiger partial charge in [0, 0.05) is 55.2 Å². The zero-order valence-corrected chi connectivity index (χ0v) is 51.8. The first kappa shape index (κ1) is 76.0. The number of rotatable bonds is 13. The van der Waals surface area contributed by atoms with Crippen LogP contribution in [0.4, 0.5) is 84.2 Å². The molecule has 0 bridgehead atoms. The molecule has 0 aliphatic carbocycles. The number of methoxy groups -OCH3 is 2. The van der Waals surface area contributed by atoms with Crippen LogP contribution < -0.4 is 35.5 Å². The number of carbonyl (C=O) groups is 5. The molecule has 2 heterocycles. The number of alkyl halides is 16. The largest absolute Gasteiger partial charge is 0.619 e. The molecule has 0 atom stereocenters. The van der Waals surface area contributed by atoms with Crippen molar-refractivity contribution in [3.05, 3.63) is 202 Å². The number of carbonyl (C=O) groups excluding carboxylic acids is 5. The average molecular weight is 1530 g/mol. The van der Waals surface area contributed by atoms with Gasteiger partial charge in [0.1, 0.15) is 0 Å². The summed E-state index contributed by atoms with van der Waals surface area (Å²) in [5.74, 6) is -4.29. The first-order chi connectivity index (χ1) is 42.3. The van der Waals surface area contributed by atoms with E-state index in [1.54, 1.807) is 12.1 Å². The molecule has 2 aromatic heterocycles. The van der Waals surface area contributed by atoms with Crippen molar-refractivity contribution < 1.29 is 110 Å². The molecule has 0 aliphatic rings. The van der Waals surface area contributed by atoms with E-state index in [0.29, 0.717) is 9.75 Å². The van der Waals surface area contributed by atoms with Crippen molar-refractivity contribution in [3.8, 4) is 11.5 Å².